The molecule has 0 unspecified atom stereocenters. The third-order valence-corrected chi connectivity index (χ3v) is 5.04. The molecule has 0 bridgehead atoms. The van der Waals surface area contributed by atoms with E-state index in [1.54, 1.807) is 0 Å². The molecule has 0 atom stereocenters. The lowest BCUT2D eigenvalue weighted by atomic mass is 10.0. The summed E-state index contributed by atoms with van der Waals surface area (Å²) in [6.45, 7) is -0.368. The first-order valence-corrected chi connectivity index (χ1v) is 8.97. The minimum atomic E-state index is -4.68. The second kappa shape index (κ2) is 7.04. The number of aromatic nitrogens is 1. The Bertz CT molecular complexity index is 1320. The normalized spacial score (nSPS) is 12.6. The summed E-state index contributed by atoms with van der Waals surface area (Å²) in [5, 5.41) is 0.408. The van der Waals surface area contributed by atoms with Crippen LogP contribution in [0.15, 0.2) is 54.6 Å². The summed E-state index contributed by atoms with van der Waals surface area (Å²) in [5.41, 5.74) is 3.71. The number of carbonyl (C=O) groups excluding carboxylic acids is 1. The number of alkyl halides is 6. The zero-order valence-electron chi connectivity index (χ0n) is 15.6. The fourth-order valence-corrected chi connectivity index (χ4v) is 3.70. The van der Waals surface area contributed by atoms with Crippen LogP contribution in [0.4, 0.5) is 26.3 Å². The van der Waals surface area contributed by atoms with Crippen LogP contribution in [0.3, 0.4) is 0 Å². The lowest BCUT2D eigenvalue weighted by Gasteiger charge is -2.15. The number of primary amides is 1. The number of nitrogens with two attached hydrogens (primary N) is 1. The number of rotatable bonds is 3. The Morgan fingerprint density at radius 3 is 2.29 bits per heavy atom. The third-order valence-electron chi connectivity index (χ3n) is 5.04. The summed E-state index contributed by atoms with van der Waals surface area (Å²) in [6, 6.07) is 13.3. The first kappa shape index (κ1) is 20.8. The summed E-state index contributed by atoms with van der Waals surface area (Å²) >= 11 is 0. The predicted molar refractivity (Wildman–Crippen MR) is 102 cm³/mol. The van der Waals surface area contributed by atoms with Crippen LogP contribution in [-0.2, 0) is 18.9 Å². The first-order chi connectivity index (χ1) is 14.5. The van der Waals surface area contributed by atoms with Gasteiger partial charge in [-0.2, -0.15) is 26.3 Å². The molecule has 0 aliphatic rings. The third kappa shape index (κ3) is 3.60. The van der Waals surface area contributed by atoms with Crippen molar-refractivity contribution in [2.75, 3.05) is 0 Å². The monoisotopic (exact) mass is 435 g/mol. The summed E-state index contributed by atoms with van der Waals surface area (Å²) in [6.07, 6.45) is -9.32. The van der Waals surface area contributed by atoms with Crippen molar-refractivity contribution < 1.29 is 31.1 Å². The van der Waals surface area contributed by atoms with Crippen LogP contribution in [0.5, 0.6) is 0 Å². The molecule has 1 aromatic heterocycles. The zero-order valence-corrected chi connectivity index (χ0v) is 15.6. The highest BCUT2D eigenvalue weighted by atomic mass is 19.4. The van der Waals surface area contributed by atoms with Crippen LogP contribution in [0.2, 0.25) is 0 Å². The number of fused-ring (bicyclic) bond motifs is 3. The Balaban J connectivity index is 2.06. The highest BCUT2D eigenvalue weighted by molar-refractivity contribution is 6.17. The van der Waals surface area contributed by atoms with Gasteiger partial charge in [-0.1, -0.05) is 24.3 Å². The second-order valence-corrected chi connectivity index (χ2v) is 6.95. The molecule has 9 heteroatoms. The van der Waals surface area contributed by atoms with Gasteiger partial charge in [-0.05, 0) is 42.0 Å². The number of carbonyl (C=O) groups is 1. The molecule has 3 nitrogen and oxygen atoms in total. The lowest BCUT2D eigenvalue weighted by molar-refractivity contribution is -0.138. The van der Waals surface area contributed by atoms with E-state index in [0.717, 1.165) is 18.2 Å². The summed E-state index contributed by atoms with van der Waals surface area (Å²) in [7, 11) is 0. The van der Waals surface area contributed by atoms with Crippen molar-refractivity contribution in [2.24, 2.45) is 5.73 Å². The molecule has 2 N–H and O–H groups in total. The van der Waals surface area contributed by atoms with Gasteiger partial charge in [-0.25, -0.2) is 0 Å². The van der Waals surface area contributed by atoms with Gasteiger partial charge in [0.15, 0.2) is 0 Å². The Morgan fingerprint density at radius 2 is 1.65 bits per heavy atom. The molecule has 4 aromatic rings. The van der Waals surface area contributed by atoms with Crippen LogP contribution < -0.4 is 5.73 Å². The van der Waals surface area contributed by atoms with E-state index in [9.17, 15) is 31.1 Å². The molecule has 3 aromatic carbocycles. The van der Waals surface area contributed by atoms with Gasteiger partial charge in [0.05, 0.1) is 22.2 Å². The smallest absolute Gasteiger partial charge is 0.366 e. The quantitative estimate of drug-likeness (QED) is 0.408. The van der Waals surface area contributed by atoms with Crippen molar-refractivity contribution in [1.29, 1.82) is 0 Å². The predicted octanol–water partition coefficient (Wildman–Crippen LogP) is 5.78. The van der Waals surface area contributed by atoms with Crippen LogP contribution in [0, 0.1) is 6.07 Å². The van der Waals surface area contributed by atoms with Crippen molar-refractivity contribution in [1.82, 2.24) is 4.57 Å². The number of hydrogen-bond acceptors (Lipinski definition) is 1. The van der Waals surface area contributed by atoms with E-state index in [1.807, 2.05) is 0 Å². The van der Waals surface area contributed by atoms with Crippen LogP contribution in [0.25, 0.3) is 21.8 Å². The van der Waals surface area contributed by atoms with Crippen molar-refractivity contribution >= 4 is 27.7 Å². The standard InChI is InChI=1S/C22H13F6N2O/c23-21(24,25)13-8-9-14-18(10-13)30(17-7-3-5-15(19(14)17)20(29)31)11-12-4-1-2-6-16(12)22(26,27)28/h1-8,10H,11H2,(H2,29,31). The molecule has 31 heavy (non-hydrogen) atoms. The zero-order chi connectivity index (χ0) is 22.6. The minimum absolute atomic E-state index is 0.00416. The van der Waals surface area contributed by atoms with Gasteiger partial charge >= 0.3 is 12.4 Å². The Labute approximate surface area is 171 Å². The Hall–Kier alpha value is -3.49. The van der Waals surface area contributed by atoms with Crippen molar-refractivity contribution in [2.45, 2.75) is 18.9 Å². The first-order valence-electron chi connectivity index (χ1n) is 8.97. The molecule has 1 radical (unpaired) electrons. The van der Waals surface area contributed by atoms with Crippen molar-refractivity contribution in [3.05, 3.63) is 82.9 Å². The molecule has 1 heterocycles. The van der Waals surface area contributed by atoms with Crippen LogP contribution >= 0.6 is 0 Å². The Kier molecular flexibility index (Phi) is 4.72. The van der Waals surface area contributed by atoms with Gasteiger partial charge in [0.25, 0.3) is 0 Å². The average molecular weight is 435 g/mol. The van der Waals surface area contributed by atoms with Crippen molar-refractivity contribution in [3.8, 4) is 0 Å². The summed E-state index contributed by atoms with van der Waals surface area (Å²) in [4.78, 5) is 11.9. The molecule has 4 rings (SSSR count). The average Bonchev–Trinajstić information content (AvgIpc) is 3.00. The molecule has 0 saturated heterocycles. The maximum Gasteiger partial charge on any atom is 0.416 e. The maximum absolute atomic E-state index is 13.5. The molecule has 0 aliphatic heterocycles. The van der Waals surface area contributed by atoms with Crippen molar-refractivity contribution in [3.63, 3.8) is 0 Å². The fourth-order valence-electron chi connectivity index (χ4n) is 3.70. The van der Waals surface area contributed by atoms with Gasteiger partial charge in [-0.3, -0.25) is 4.79 Å². The summed E-state index contributed by atoms with van der Waals surface area (Å²) in [5.74, 6) is -0.811. The van der Waals surface area contributed by atoms with Gasteiger partial charge in [0, 0.05) is 22.9 Å². The molecule has 1 amide bonds. The van der Waals surface area contributed by atoms with E-state index in [2.05, 4.69) is 6.07 Å². The number of hydrogen-bond donors (Lipinski definition) is 1. The van der Waals surface area contributed by atoms with E-state index >= 15 is 0 Å². The van der Waals surface area contributed by atoms with E-state index < -0.39 is 29.4 Å². The topological polar surface area (TPSA) is 48.0 Å². The van der Waals surface area contributed by atoms with Gasteiger partial charge in [-0.15, -0.1) is 0 Å². The van der Waals surface area contributed by atoms with Gasteiger partial charge in [0.1, 0.15) is 0 Å². The molecule has 0 aliphatic carbocycles. The largest absolute Gasteiger partial charge is 0.416 e. The van der Waals surface area contributed by atoms with E-state index in [0.29, 0.717) is 0 Å². The van der Waals surface area contributed by atoms with E-state index in [-0.39, 0.29) is 39.5 Å². The van der Waals surface area contributed by atoms with Gasteiger partial charge in [0.2, 0.25) is 5.91 Å². The van der Waals surface area contributed by atoms with Crippen LogP contribution in [-0.4, -0.2) is 10.5 Å². The minimum Gasteiger partial charge on any atom is -0.366 e. The second-order valence-electron chi connectivity index (χ2n) is 6.95. The number of benzene rings is 3. The summed E-state index contributed by atoms with van der Waals surface area (Å²) < 4.78 is 81.6. The Morgan fingerprint density at radius 1 is 0.935 bits per heavy atom. The lowest BCUT2D eigenvalue weighted by Crippen LogP contribution is -2.12. The highest BCUT2D eigenvalue weighted by Crippen LogP contribution is 2.38. The number of halogens is 6. The molecular formula is C22H13F6N2O. The number of nitrogens with zero attached hydrogens (tertiary/aromatic N) is 1. The molecule has 0 fully saturated rings. The maximum atomic E-state index is 13.5. The fraction of sp³-hybridized carbons (Fsp3) is 0.136. The molecule has 0 saturated carbocycles. The molecule has 159 valence electrons. The van der Waals surface area contributed by atoms with Crippen LogP contribution in [0.1, 0.15) is 27.0 Å². The SMILES string of the molecule is NC(=O)c1cccc2c1c1[c]cc(C(F)(F)F)cc1n2Cc1ccccc1C(F)(F)F. The molecular weight excluding hydrogens is 422 g/mol. The molecule has 0 spiro atoms. The highest BCUT2D eigenvalue weighted by Gasteiger charge is 2.34. The van der Waals surface area contributed by atoms with E-state index in [1.165, 1.54) is 41.0 Å². The number of amides is 1. The van der Waals surface area contributed by atoms with E-state index in [4.69, 9.17) is 5.73 Å². The van der Waals surface area contributed by atoms with Gasteiger partial charge < -0.3 is 10.3 Å².